The summed E-state index contributed by atoms with van der Waals surface area (Å²) >= 11 is 0. The Kier molecular flexibility index (Phi) is 5.03. The molecule has 1 rings (SSSR count). The highest BCUT2D eigenvalue weighted by Crippen LogP contribution is 2.31. The summed E-state index contributed by atoms with van der Waals surface area (Å²) in [5.74, 6) is 0.521. The molecule has 15 heavy (non-hydrogen) atoms. The summed E-state index contributed by atoms with van der Waals surface area (Å²) in [5.41, 5.74) is 6.20. The van der Waals surface area contributed by atoms with E-state index in [2.05, 4.69) is 13.8 Å². The second-order valence-electron chi connectivity index (χ2n) is 4.67. The van der Waals surface area contributed by atoms with E-state index in [1.807, 2.05) is 0 Å². The maximum Gasteiger partial charge on any atom is 0.0875 e. The molecule has 0 aliphatic carbocycles. The molecule has 2 atom stereocenters. The van der Waals surface area contributed by atoms with Crippen molar-refractivity contribution in [2.75, 3.05) is 20.3 Å². The van der Waals surface area contributed by atoms with Crippen molar-refractivity contribution in [3.63, 3.8) is 0 Å². The Labute approximate surface area is 93.3 Å². The quantitative estimate of drug-likeness (QED) is 0.762. The van der Waals surface area contributed by atoms with E-state index in [0.29, 0.717) is 5.92 Å². The van der Waals surface area contributed by atoms with Gasteiger partial charge >= 0.3 is 0 Å². The SMILES string of the molecule is CCCC(C)C(N)C1(OC)CCOCC1. The monoisotopic (exact) mass is 215 g/mol. The maximum absolute atomic E-state index is 6.34. The van der Waals surface area contributed by atoms with E-state index in [1.165, 1.54) is 12.8 Å². The number of rotatable bonds is 5. The average Bonchev–Trinajstić information content (AvgIpc) is 2.29. The van der Waals surface area contributed by atoms with Gasteiger partial charge in [-0.25, -0.2) is 0 Å². The Morgan fingerprint density at radius 1 is 1.40 bits per heavy atom. The summed E-state index contributed by atoms with van der Waals surface area (Å²) in [6.45, 7) is 5.98. The van der Waals surface area contributed by atoms with Gasteiger partial charge in [-0.15, -0.1) is 0 Å². The van der Waals surface area contributed by atoms with Gasteiger partial charge < -0.3 is 15.2 Å². The molecular weight excluding hydrogens is 190 g/mol. The van der Waals surface area contributed by atoms with E-state index in [-0.39, 0.29) is 11.6 Å². The second-order valence-corrected chi connectivity index (χ2v) is 4.67. The third-order valence-corrected chi connectivity index (χ3v) is 3.71. The lowest BCUT2D eigenvalue weighted by molar-refractivity contribution is -0.112. The van der Waals surface area contributed by atoms with Crippen LogP contribution in [0.3, 0.4) is 0 Å². The van der Waals surface area contributed by atoms with Crippen LogP contribution in [0, 0.1) is 5.92 Å². The van der Waals surface area contributed by atoms with Gasteiger partial charge in [0.2, 0.25) is 0 Å². The molecule has 0 amide bonds. The summed E-state index contributed by atoms with van der Waals surface area (Å²) in [6, 6.07) is 0.131. The molecule has 0 radical (unpaired) electrons. The Hall–Kier alpha value is -0.120. The van der Waals surface area contributed by atoms with E-state index in [4.69, 9.17) is 15.2 Å². The summed E-state index contributed by atoms with van der Waals surface area (Å²) < 4.78 is 11.1. The Balaban J connectivity index is 2.62. The van der Waals surface area contributed by atoms with Crippen molar-refractivity contribution < 1.29 is 9.47 Å². The summed E-state index contributed by atoms with van der Waals surface area (Å²) in [4.78, 5) is 0. The van der Waals surface area contributed by atoms with Crippen molar-refractivity contribution >= 4 is 0 Å². The summed E-state index contributed by atoms with van der Waals surface area (Å²) in [5, 5.41) is 0. The second kappa shape index (κ2) is 5.83. The molecule has 2 unspecified atom stereocenters. The Bertz CT molecular complexity index is 178. The smallest absolute Gasteiger partial charge is 0.0875 e. The van der Waals surface area contributed by atoms with Crippen molar-refractivity contribution in [1.29, 1.82) is 0 Å². The first-order chi connectivity index (χ1) is 7.16. The van der Waals surface area contributed by atoms with Crippen LogP contribution in [-0.2, 0) is 9.47 Å². The van der Waals surface area contributed by atoms with Crippen molar-refractivity contribution in [2.24, 2.45) is 11.7 Å². The van der Waals surface area contributed by atoms with Gasteiger partial charge in [-0.1, -0.05) is 20.3 Å². The lowest BCUT2D eigenvalue weighted by Crippen LogP contribution is -2.55. The van der Waals surface area contributed by atoms with Gasteiger partial charge in [0.15, 0.2) is 0 Å². The molecule has 1 aliphatic rings. The minimum atomic E-state index is -0.146. The summed E-state index contributed by atoms with van der Waals surface area (Å²) in [6.07, 6.45) is 4.22. The number of methoxy groups -OCH3 is 1. The fourth-order valence-electron chi connectivity index (χ4n) is 2.54. The predicted octanol–water partition coefficient (Wildman–Crippen LogP) is 1.95. The molecule has 0 spiro atoms. The van der Waals surface area contributed by atoms with Crippen LogP contribution in [0.4, 0.5) is 0 Å². The third-order valence-electron chi connectivity index (χ3n) is 3.71. The molecule has 2 N–H and O–H groups in total. The van der Waals surface area contributed by atoms with Gasteiger partial charge in [-0.2, -0.15) is 0 Å². The zero-order valence-corrected chi connectivity index (χ0v) is 10.3. The van der Waals surface area contributed by atoms with Crippen LogP contribution in [0.25, 0.3) is 0 Å². The van der Waals surface area contributed by atoms with Crippen molar-refractivity contribution in [3.05, 3.63) is 0 Å². The lowest BCUT2D eigenvalue weighted by Gasteiger charge is -2.43. The van der Waals surface area contributed by atoms with Crippen LogP contribution in [0.2, 0.25) is 0 Å². The molecule has 3 nitrogen and oxygen atoms in total. The average molecular weight is 215 g/mol. The minimum absolute atomic E-state index is 0.131. The zero-order chi connectivity index (χ0) is 11.3. The predicted molar refractivity (Wildman–Crippen MR) is 61.8 cm³/mol. The van der Waals surface area contributed by atoms with Gasteiger partial charge in [0.25, 0.3) is 0 Å². The number of nitrogens with two attached hydrogens (primary N) is 1. The van der Waals surface area contributed by atoms with Crippen LogP contribution in [-0.4, -0.2) is 32.0 Å². The number of ether oxygens (including phenoxy) is 2. The van der Waals surface area contributed by atoms with E-state index in [0.717, 1.165) is 26.1 Å². The van der Waals surface area contributed by atoms with Crippen molar-refractivity contribution in [2.45, 2.75) is 51.2 Å². The van der Waals surface area contributed by atoms with E-state index < -0.39 is 0 Å². The lowest BCUT2D eigenvalue weighted by atomic mass is 9.79. The molecule has 3 heteroatoms. The van der Waals surface area contributed by atoms with Crippen molar-refractivity contribution in [3.8, 4) is 0 Å². The molecule has 0 bridgehead atoms. The standard InChI is InChI=1S/C12H25NO2/c1-4-5-10(2)11(13)12(14-3)6-8-15-9-7-12/h10-11H,4-9,13H2,1-3H3. The van der Waals surface area contributed by atoms with Gasteiger partial charge in [-0.3, -0.25) is 0 Å². The van der Waals surface area contributed by atoms with Crippen LogP contribution in [0.1, 0.15) is 39.5 Å². The fourth-order valence-corrected chi connectivity index (χ4v) is 2.54. The normalized spacial score (nSPS) is 24.8. The molecule has 1 heterocycles. The fraction of sp³-hybridized carbons (Fsp3) is 1.00. The highest BCUT2D eigenvalue weighted by molar-refractivity contribution is 4.95. The molecule has 0 aromatic heterocycles. The maximum atomic E-state index is 6.34. The van der Waals surface area contributed by atoms with Gasteiger partial charge in [-0.05, 0) is 12.3 Å². The van der Waals surface area contributed by atoms with Gasteiger partial charge in [0, 0.05) is 39.2 Å². The molecule has 1 fully saturated rings. The van der Waals surface area contributed by atoms with E-state index >= 15 is 0 Å². The van der Waals surface area contributed by atoms with Crippen LogP contribution >= 0.6 is 0 Å². The molecular formula is C12H25NO2. The Morgan fingerprint density at radius 2 is 2.00 bits per heavy atom. The van der Waals surface area contributed by atoms with Gasteiger partial charge in [0.05, 0.1) is 5.60 Å². The molecule has 0 aromatic rings. The van der Waals surface area contributed by atoms with Crippen LogP contribution in [0.15, 0.2) is 0 Å². The molecule has 0 saturated carbocycles. The first-order valence-corrected chi connectivity index (χ1v) is 6.04. The summed E-state index contributed by atoms with van der Waals surface area (Å²) in [7, 11) is 1.78. The third kappa shape index (κ3) is 2.92. The number of hydrogen-bond donors (Lipinski definition) is 1. The highest BCUT2D eigenvalue weighted by Gasteiger charge is 2.40. The van der Waals surface area contributed by atoms with E-state index in [9.17, 15) is 0 Å². The molecule has 90 valence electrons. The first kappa shape index (κ1) is 12.9. The highest BCUT2D eigenvalue weighted by atomic mass is 16.5. The molecule has 0 aromatic carbocycles. The number of hydrogen-bond acceptors (Lipinski definition) is 3. The van der Waals surface area contributed by atoms with Crippen LogP contribution in [0.5, 0.6) is 0 Å². The molecule has 1 saturated heterocycles. The minimum Gasteiger partial charge on any atom is -0.381 e. The topological polar surface area (TPSA) is 44.5 Å². The first-order valence-electron chi connectivity index (χ1n) is 6.04. The van der Waals surface area contributed by atoms with Gasteiger partial charge in [0.1, 0.15) is 0 Å². The Morgan fingerprint density at radius 3 is 2.47 bits per heavy atom. The molecule has 1 aliphatic heterocycles. The van der Waals surface area contributed by atoms with Crippen molar-refractivity contribution in [1.82, 2.24) is 0 Å². The van der Waals surface area contributed by atoms with E-state index in [1.54, 1.807) is 7.11 Å². The zero-order valence-electron chi connectivity index (χ0n) is 10.3. The van der Waals surface area contributed by atoms with Crippen LogP contribution < -0.4 is 5.73 Å². The largest absolute Gasteiger partial charge is 0.381 e.